The molecule has 1 fully saturated rings. The van der Waals surface area contributed by atoms with Gasteiger partial charge in [0.15, 0.2) is 0 Å². The Labute approximate surface area is 193 Å². The molecule has 1 aliphatic heterocycles. The Hall–Kier alpha value is -2.89. The van der Waals surface area contributed by atoms with Gasteiger partial charge in [-0.3, -0.25) is 9.59 Å². The third-order valence-corrected chi connectivity index (χ3v) is 4.88. The molecule has 1 amide bonds. The Kier molecular flexibility index (Phi) is 15.2. The first-order chi connectivity index (χ1) is 15.4. The summed E-state index contributed by atoms with van der Waals surface area (Å²) in [6, 6.07) is 11.8. The normalized spacial score (nSPS) is 15.2. The summed E-state index contributed by atoms with van der Waals surface area (Å²) < 4.78 is 9.85. The molecule has 2 aromatic rings. The van der Waals surface area contributed by atoms with Gasteiger partial charge in [-0.25, -0.2) is 0 Å². The van der Waals surface area contributed by atoms with Gasteiger partial charge in [-0.1, -0.05) is 63.2 Å². The van der Waals surface area contributed by atoms with Gasteiger partial charge in [0.1, 0.15) is 18.3 Å². The van der Waals surface area contributed by atoms with Gasteiger partial charge in [0.25, 0.3) is 6.47 Å². The van der Waals surface area contributed by atoms with Crippen molar-refractivity contribution in [2.45, 2.75) is 73.0 Å². The van der Waals surface area contributed by atoms with Crippen molar-refractivity contribution in [3.63, 3.8) is 0 Å². The molecule has 32 heavy (non-hydrogen) atoms. The van der Waals surface area contributed by atoms with Crippen molar-refractivity contribution >= 4 is 12.4 Å². The number of hydrogen-bond donors (Lipinski definition) is 0. The van der Waals surface area contributed by atoms with E-state index in [1.54, 1.807) is 0 Å². The number of hydrogen-bond acceptors (Lipinski definition) is 5. The van der Waals surface area contributed by atoms with Crippen LogP contribution in [0.1, 0.15) is 70.4 Å². The number of aromatic nitrogens is 1. The monoisotopic (exact) mass is 444 g/mol. The second kappa shape index (κ2) is 16.8. The van der Waals surface area contributed by atoms with Gasteiger partial charge in [0.2, 0.25) is 5.91 Å². The number of benzene rings is 1. The van der Waals surface area contributed by atoms with E-state index in [1.807, 2.05) is 62.1 Å². The first-order valence-corrected chi connectivity index (χ1v) is 11.3. The molecule has 6 heteroatoms. The van der Waals surface area contributed by atoms with Gasteiger partial charge in [-0.2, -0.15) is 0 Å². The lowest BCUT2D eigenvalue weighted by molar-refractivity contribution is -0.135. The van der Waals surface area contributed by atoms with Crippen LogP contribution in [-0.4, -0.2) is 35.0 Å². The molecule has 1 aromatic heterocycles. The topological polar surface area (TPSA) is 72.6 Å². The van der Waals surface area contributed by atoms with Gasteiger partial charge < -0.3 is 14.2 Å². The molecule has 0 N–H and O–H groups in total. The van der Waals surface area contributed by atoms with Crippen LogP contribution in [0.4, 0.5) is 0 Å². The van der Waals surface area contributed by atoms with Gasteiger partial charge in [-0.15, -0.1) is 13.2 Å². The number of amides is 1. The highest BCUT2D eigenvalue weighted by Crippen LogP contribution is 2.30. The highest BCUT2D eigenvalue weighted by atomic mass is 16.5. The van der Waals surface area contributed by atoms with E-state index >= 15 is 0 Å². The van der Waals surface area contributed by atoms with E-state index in [0.29, 0.717) is 24.9 Å². The molecule has 178 valence electrons. The van der Waals surface area contributed by atoms with Crippen molar-refractivity contribution in [2.24, 2.45) is 5.92 Å². The second-order valence-electron chi connectivity index (χ2n) is 7.51. The Morgan fingerprint density at radius 3 is 2.34 bits per heavy atom. The van der Waals surface area contributed by atoms with E-state index in [-0.39, 0.29) is 17.7 Å². The summed E-state index contributed by atoms with van der Waals surface area (Å²) in [5.41, 5.74) is 1.84. The number of ether oxygens (including phenoxy) is 1. The molecule has 2 atom stereocenters. The Bertz CT molecular complexity index is 758. The summed E-state index contributed by atoms with van der Waals surface area (Å²) in [7, 11) is 0. The molecule has 1 saturated heterocycles. The van der Waals surface area contributed by atoms with Crippen LogP contribution >= 0.6 is 0 Å². The van der Waals surface area contributed by atoms with Crippen molar-refractivity contribution in [1.82, 2.24) is 10.1 Å². The SMILES string of the molecule is C=C.CC.Cc1cc(C(C(=O)N2CCCC2C)C(C)C)on1.O=COCc1ccccc1. The Balaban J connectivity index is 0.000000582. The molecule has 0 spiro atoms. The number of rotatable bonds is 6. The van der Waals surface area contributed by atoms with Crippen LogP contribution in [0.3, 0.4) is 0 Å². The third kappa shape index (κ3) is 9.50. The van der Waals surface area contributed by atoms with Crippen LogP contribution < -0.4 is 0 Å². The molecular formula is C26H40N2O4. The lowest BCUT2D eigenvalue weighted by atomic mass is 9.91. The molecule has 1 aromatic carbocycles. The lowest BCUT2D eigenvalue weighted by Gasteiger charge is -2.27. The predicted octanol–water partition coefficient (Wildman–Crippen LogP) is 5.92. The van der Waals surface area contributed by atoms with Crippen molar-refractivity contribution < 1.29 is 18.8 Å². The highest BCUT2D eigenvalue weighted by Gasteiger charge is 2.35. The van der Waals surface area contributed by atoms with E-state index in [0.717, 1.165) is 30.6 Å². The molecular weight excluding hydrogens is 404 g/mol. The summed E-state index contributed by atoms with van der Waals surface area (Å²) >= 11 is 0. The minimum Gasteiger partial charge on any atom is -0.463 e. The number of likely N-dealkylation sites (tertiary alicyclic amines) is 1. The Morgan fingerprint density at radius 1 is 1.28 bits per heavy atom. The first-order valence-electron chi connectivity index (χ1n) is 11.3. The number of nitrogens with zero attached hydrogens (tertiary/aromatic N) is 2. The van der Waals surface area contributed by atoms with Crippen molar-refractivity contribution in [3.05, 3.63) is 66.6 Å². The van der Waals surface area contributed by atoms with Crippen LogP contribution in [0.2, 0.25) is 0 Å². The van der Waals surface area contributed by atoms with E-state index < -0.39 is 0 Å². The van der Waals surface area contributed by atoms with Gasteiger partial charge in [-0.05, 0) is 38.2 Å². The zero-order valence-corrected chi connectivity index (χ0v) is 20.5. The van der Waals surface area contributed by atoms with Gasteiger partial charge in [0, 0.05) is 18.7 Å². The molecule has 2 heterocycles. The van der Waals surface area contributed by atoms with Crippen molar-refractivity contribution in [2.75, 3.05) is 6.54 Å². The van der Waals surface area contributed by atoms with Crippen LogP contribution in [0, 0.1) is 12.8 Å². The molecule has 0 aliphatic carbocycles. The fourth-order valence-corrected chi connectivity index (χ4v) is 3.41. The largest absolute Gasteiger partial charge is 0.463 e. The number of carbonyl (C=O) groups excluding carboxylic acids is 2. The van der Waals surface area contributed by atoms with E-state index in [4.69, 9.17) is 4.52 Å². The minimum absolute atomic E-state index is 0.186. The average molecular weight is 445 g/mol. The van der Waals surface area contributed by atoms with Crippen LogP contribution in [0.5, 0.6) is 0 Å². The maximum absolute atomic E-state index is 12.6. The molecule has 2 unspecified atom stereocenters. The van der Waals surface area contributed by atoms with E-state index in [2.05, 4.69) is 43.8 Å². The smallest absolute Gasteiger partial charge is 0.293 e. The summed E-state index contributed by atoms with van der Waals surface area (Å²) in [5, 5.41) is 3.90. The number of aryl methyl sites for hydroxylation is 1. The Morgan fingerprint density at radius 2 is 1.91 bits per heavy atom. The zero-order valence-electron chi connectivity index (χ0n) is 20.5. The summed E-state index contributed by atoms with van der Waals surface area (Å²) in [5.74, 6) is 0.905. The van der Waals surface area contributed by atoms with Crippen LogP contribution in [0.15, 0.2) is 54.1 Å². The van der Waals surface area contributed by atoms with Gasteiger partial charge >= 0.3 is 0 Å². The number of carbonyl (C=O) groups is 2. The summed E-state index contributed by atoms with van der Waals surface area (Å²) in [4.78, 5) is 24.4. The highest BCUT2D eigenvalue weighted by molar-refractivity contribution is 5.83. The fourth-order valence-electron chi connectivity index (χ4n) is 3.41. The van der Waals surface area contributed by atoms with E-state index in [1.165, 1.54) is 0 Å². The molecule has 0 radical (unpaired) electrons. The van der Waals surface area contributed by atoms with Crippen LogP contribution in [0.25, 0.3) is 0 Å². The fraction of sp³-hybridized carbons (Fsp3) is 0.500. The predicted molar refractivity (Wildman–Crippen MR) is 129 cm³/mol. The standard InChI is InChI=1S/C14H22N2O2.C8H8O2.C2H6.C2H4/c1-9(2)13(12-8-10(3)15-18-12)14(17)16-7-5-6-11(16)4;9-7-10-6-8-4-2-1-3-5-8;2*1-2/h8-9,11,13H,5-7H2,1-4H3;1-5,7H,6H2;1-2H3;1-2H2. The van der Waals surface area contributed by atoms with E-state index in [9.17, 15) is 9.59 Å². The van der Waals surface area contributed by atoms with Crippen LogP contribution in [-0.2, 0) is 20.9 Å². The zero-order chi connectivity index (χ0) is 24.5. The maximum Gasteiger partial charge on any atom is 0.293 e. The molecule has 0 bridgehead atoms. The first kappa shape index (κ1) is 29.1. The molecule has 1 aliphatic rings. The lowest BCUT2D eigenvalue weighted by Crippen LogP contribution is -2.38. The quantitative estimate of drug-likeness (QED) is 0.408. The molecule has 6 nitrogen and oxygen atoms in total. The van der Waals surface area contributed by atoms with Gasteiger partial charge in [0.05, 0.1) is 5.69 Å². The summed E-state index contributed by atoms with van der Waals surface area (Å²) in [6.07, 6.45) is 2.21. The second-order valence-corrected chi connectivity index (χ2v) is 7.51. The third-order valence-electron chi connectivity index (χ3n) is 4.88. The average Bonchev–Trinajstić information content (AvgIpc) is 3.44. The van der Waals surface area contributed by atoms with Crippen molar-refractivity contribution in [3.8, 4) is 0 Å². The minimum atomic E-state index is -0.202. The van der Waals surface area contributed by atoms with Crippen molar-refractivity contribution in [1.29, 1.82) is 0 Å². The molecule has 0 saturated carbocycles. The molecule has 3 rings (SSSR count). The summed E-state index contributed by atoms with van der Waals surface area (Å²) in [6.45, 7) is 19.8. The maximum atomic E-state index is 12.6.